The Kier molecular flexibility index (Phi) is 6.01. The molecule has 4 rings (SSSR count). The quantitative estimate of drug-likeness (QED) is 0.587. The second kappa shape index (κ2) is 8.85. The number of ether oxygens (including phenoxy) is 2. The lowest BCUT2D eigenvalue weighted by Gasteiger charge is -2.29. The minimum absolute atomic E-state index is 0.165. The molecule has 0 saturated carbocycles. The zero-order valence-corrected chi connectivity index (χ0v) is 17.5. The molecule has 2 N–H and O–H groups in total. The fourth-order valence-electron chi connectivity index (χ4n) is 3.41. The van der Waals surface area contributed by atoms with Gasteiger partial charge < -0.3 is 24.5 Å². The van der Waals surface area contributed by atoms with E-state index in [0.29, 0.717) is 25.6 Å². The number of morpholine rings is 1. The van der Waals surface area contributed by atoms with E-state index in [1.807, 2.05) is 30.5 Å². The lowest BCUT2D eigenvalue weighted by molar-refractivity contribution is 0.0268. The van der Waals surface area contributed by atoms with Crippen LogP contribution in [0.1, 0.15) is 25.1 Å². The van der Waals surface area contributed by atoms with E-state index < -0.39 is 5.60 Å². The van der Waals surface area contributed by atoms with Gasteiger partial charge in [0, 0.05) is 48.2 Å². The van der Waals surface area contributed by atoms with Gasteiger partial charge in [0.05, 0.1) is 31.1 Å². The lowest BCUT2D eigenvalue weighted by atomic mass is 10.2. The van der Waals surface area contributed by atoms with E-state index in [-0.39, 0.29) is 6.61 Å². The van der Waals surface area contributed by atoms with Crippen molar-refractivity contribution in [2.24, 2.45) is 4.99 Å². The minimum atomic E-state index is -0.930. The van der Waals surface area contributed by atoms with E-state index in [1.165, 1.54) is 5.39 Å². The number of H-pyrrole nitrogens is 1. The fraction of sp³-hybridized carbons (Fsp3) is 0.391. The van der Waals surface area contributed by atoms with E-state index in [4.69, 9.17) is 9.47 Å². The van der Waals surface area contributed by atoms with Crippen LogP contribution in [0.15, 0.2) is 47.6 Å². The number of aliphatic imine (C=N–C) groups is 1. The number of aliphatic hydroxyl groups is 1. The number of aromatic amines is 1. The standard InChI is InChI=1S/C23H28N4O3/c1-23(2,28)16-30-22-12-19(27-7-9-29-10-8-27)11-18(26-22)15-24-13-17-14-25-21-6-4-3-5-20(17)21/h3-6,11-12,14-15,25,28H,7-10,13,16H2,1-2H3. The lowest BCUT2D eigenvalue weighted by Crippen LogP contribution is -2.36. The first kappa shape index (κ1) is 20.4. The molecule has 7 heteroatoms. The molecule has 0 bridgehead atoms. The predicted molar refractivity (Wildman–Crippen MR) is 119 cm³/mol. The predicted octanol–water partition coefficient (Wildman–Crippen LogP) is 3.17. The Balaban J connectivity index is 1.54. The minimum Gasteiger partial charge on any atom is -0.475 e. The molecule has 3 heterocycles. The van der Waals surface area contributed by atoms with Gasteiger partial charge in [-0.1, -0.05) is 18.2 Å². The molecule has 1 aliphatic rings. The van der Waals surface area contributed by atoms with Gasteiger partial charge in [-0.25, -0.2) is 4.98 Å². The Morgan fingerprint density at radius 2 is 2.07 bits per heavy atom. The number of hydrogen-bond acceptors (Lipinski definition) is 6. The number of fused-ring (bicyclic) bond motifs is 1. The number of rotatable bonds is 7. The van der Waals surface area contributed by atoms with Gasteiger partial charge in [0.2, 0.25) is 5.88 Å². The molecule has 0 amide bonds. The van der Waals surface area contributed by atoms with Gasteiger partial charge in [-0.05, 0) is 31.5 Å². The Morgan fingerprint density at radius 3 is 2.87 bits per heavy atom. The molecular formula is C23H28N4O3. The van der Waals surface area contributed by atoms with Gasteiger partial charge in [-0.15, -0.1) is 0 Å². The van der Waals surface area contributed by atoms with Crippen molar-refractivity contribution in [1.82, 2.24) is 9.97 Å². The molecular weight excluding hydrogens is 380 g/mol. The average molecular weight is 409 g/mol. The molecule has 1 fully saturated rings. The molecule has 0 atom stereocenters. The van der Waals surface area contributed by atoms with Crippen LogP contribution in [0.5, 0.6) is 5.88 Å². The van der Waals surface area contributed by atoms with Crippen LogP contribution in [0, 0.1) is 0 Å². The molecule has 0 spiro atoms. The van der Waals surface area contributed by atoms with Crippen LogP contribution >= 0.6 is 0 Å². The molecule has 1 aromatic carbocycles. The summed E-state index contributed by atoms with van der Waals surface area (Å²) in [5, 5.41) is 11.2. The second-order valence-corrected chi connectivity index (χ2v) is 8.12. The van der Waals surface area contributed by atoms with Crippen molar-refractivity contribution >= 4 is 22.8 Å². The van der Waals surface area contributed by atoms with E-state index in [0.717, 1.165) is 35.6 Å². The highest BCUT2D eigenvalue weighted by Crippen LogP contribution is 2.23. The van der Waals surface area contributed by atoms with Gasteiger partial charge >= 0.3 is 0 Å². The summed E-state index contributed by atoms with van der Waals surface area (Å²) in [7, 11) is 0. The monoisotopic (exact) mass is 408 g/mol. The highest BCUT2D eigenvalue weighted by Gasteiger charge is 2.17. The van der Waals surface area contributed by atoms with Crippen molar-refractivity contribution in [1.29, 1.82) is 0 Å². The van der Waals surface area contributed by atoms with Crippen LogP contribution < -0.4 is 9.64 Å². The summed E-state index contributed by atoms with van der Waals surface area (Å²) >= 11 is 0. The summed E-state index contributed by atoms with van der Waals surface area (Å²) in [5.74, 6) is 0.481. The summed E-state index contributed by atoms with van der Waals surface area (Å²) < 4.78 is 11.2. The summed E-state index contributed by atoms with van der Waals surface area (Å²) in [5.41, 5.74) is 3.07. The highest BCUT2D eigenvalue weighted by atomic mass is 16.5. The van der Waals surface area contributed by atoms with Crippen LogP contribution in [0.4, 0.5) is 5.69 Å². The average Bonchev–Trinajstić information content (AvgIpc) is 3.16. The zero-order chi connectivity index (χ0) is 21.0. The highest BCUT2D eigenvalue weighted by molar-refractivity contribution is 5.84. The maximum absolute atomic E-state index is 9.99. The van der Waals surface area contributed by atoms with Crippen LogP contribution in [0.2, 0.25) is 0 Å². The number of anilines is 1. The van der Waals surface area contributed by atoms with Gasteiger partial charge in [-0.3, -0.25) is 4.99 Å². The van der Waals surface area contributed by atoms with Crippen LogP contribution in [0.3, 0.4) is 0 Å². The first-order valence-electron chi connectivity index (χ1n) is 10.2. The number of nitrogens with zero attached hydrogens (tertiary/aromatic N) is 3. The van der Waals surface area contributed by atoms with E-state index >= 15 is 0 Å². The van der Waals surface area contributed by atoms with Crippen molar-refractivity contribution in [3.8, 4) is 5.88 Å². The Morgan fingerprint density at radius 1 is 1.27 bits per heavy atom. The number of para-hydroxylation sites is 1. The number of pyridine rings is 1. The molecule has 3 aromatic rings. The molecule has 2 aromatic heterocycles. The van der Waals surface area contributed by atoms with Crippen LogP contribution in [-0.4, -0.2) is 59.8 Å². The molecule has 0 unspecified atom stereocenters. The third-order valence-corrected chi connectivity index (χ3v) is 4.92. The first-order chi connectivity index (χ1) is 14.5. The maximum Gasteiger partial charge on any atom is 0.216 e. The summed E-state index contributed by atoms with van der Waals surface area (Å²) in [6.45, 7) is 7.19. The van der Waals surface area contributed by atoms with Gasteiger partial charge in [0.15, 0.2) is 0 Å². The molecule has 0 radical (unpaired) electrons. The first-order valence-corrected chi connectivity index (χ1v) is 10.2. The van der Waals surface area contributed by atoms with Crippen molar-refractivity contribution in [2.45, 2.75) is 26.0 Å². The largest absolute Gasteiger partial charge is 0.475 e. The molecule has 0 aliphatic carbocycles. The summed E-state index contributed by atoms with van der Waals surface area (Å²) in [6.07, 6.45) is 3.78. The van der Waals surface area contributed by atoms with E-state index in [2.05, 4.69) is 32.0 Å². The second-order valence-electron chi connectivity index (χ2n) is 8.12. The van der Waals surface area contributed by atoms with E-state index in [1.54, 1.807) is 20.1 Å². The van der Waals surface area contributed by atoms with E-state index in [9.17, 15) is 5.11 Å². The van der Waals surface area contributed by atoms with Crippen molar-refractivity contribution in [2.75, 3.05) is 37.8 Å². The fourth-order valence-corrected chi connectivity index (χ4v) is 3.41. The zero-order valence-electron chi connectivity index (χ0n) is 17.5. The molecule has 1 aliphatic heterocycles. The van der Waals surface area contributed by atoms with Crippen molar-refractivity contribution < 1.29 is 14.6 Å². The third-order valence-electron chi connectivity index (χ3n) is 4.92. The maximum atomic E-state index is 9.99. The van der Waals surface area contributed by atoms with Gasteiger partial charge in [0.1, 0.15) is 6.61 Å². The van der Waals surface area contributed by atoms with Crippen molar-refractivity contribution in [3.63, 3.8) is 0 Å². The smallest absolute Gasteiger partial charge is 0.216 e. The summed E-state index contributed by atoms with van der Waals surface area (Å²) in [6, 6.07) is 12.1. The Labute approximate surface area is 176 Å². The Hall–Kier alpha value is -2.90. The number of benzene rings is 1. The summed E-state index contributed by atoms with van der Waals surface area (Å²) in [4.78, 5) is 14.7. The normalized spacial score (nSPS) is 15.2. The number of hydrogen-bond donors (Lipinski definition) is 2. The Bertz CT molecular complexity index is 1020. The van der Waals surface area contributed by atoms with Crippen LogP contribution in [-0.2, 0) is 11.3 Å². The number of aromatic nitrogens is 2. The van der Waals surface area contributed by atoms with Crippen LogP contribution in [0.25, 0.3) is 10.9 Å². The topological polar surface area (TPSA) is 83.0 Å². The third kappa shape index (κ3) is 5.17. The molecule has 1 saturated heterocycles. The van der Waals surface area contributed by atoms with Crippen molar-refractivity contribution in [3.05, 3.63) is 53.9 Å². The molecule has 7 nitrogen and oxygen atoms in total. The van der Waals surface area contributed by atoms with Gasteiger partial charge in [0.25, 0.3) is 0 Å². The number of nitrogens with one attached hydrogen (secondary N) is 1. The van der Waals surface area contributed by atoms with Gasteiger partial charge in [-0.2, -0.15) is 0 Å². The SMILES string of the molecule is CC(C)(O)COc1cc(N2CCOCC2)cc(C=NCc2c[nH]c3ccccc23)n1. The molecule has 30 heavy (non-hydrogen) atoms. The molecule has 158 valence electrons.